The van der Waals surface area contributed by atoms with E-state index in [1.807, 2.05) is 0 Å². The molecule has 1 aliphatic rings. The van der Waals surface area contributed by atoms with Gasteiger partial charge in [-0.2, -0.15) is 0 Å². The Labute approximate surface area is 122 Å². The van der Waals surface area contributed by atoms with Crippen LogP contribution in [0, 0.1) is 11.7 Å². The van der Waals surface area contributed by atoms with Gasteiger partial charge in [-0.1, -0.05) is 32.1 Å². The number of rotatable bonds is 4. The molecule has 2 N–H and O–H groups in total. The van der Waals surface area contributed by atoms with E-state index in [2.05, 4.69) is 9.97 Å². The molecule has 1 heterocycles. The molecule has 0 aliphatic heterocycles. The van der Waals surface area contributed by atoms with E-state index in [1.54, 1.807) is 0 Å². The van der Waals surface area contributed by atoms with Gasteiger partial charge < -0.3 is 10.1 Å². The molecule has 0 spiro atoms. The van der Waals surface area contributed by atoms with Gasteiger partial charge in [0.2, 0.25) is 0 Å². The minimum atomic E-state index is -1.26. The molecule has 4 nitrogen and oxygen atoms in total. The van der Waals surface area contributed by atoms with Gasteiger partial charge in [-0.15, -0.1) is 0 Å². The van der Waals surface area contributed by atoms with E-state index in [9.17, 15) is 9.18 Å². The standard InChI is InChI=1S/C16H19FN2O2/c17-12-9-14-13(8-11(12)16(20)21)18-15(19-14)7-6-10-4-2-1-3-5-10/h8-10H,1-7H2,(H,18,19)(H,20,21). The van der Waals surface area contributed by atoms with Gasteiger partial charge in [0.15, 0.2) is 0 Å². The first-order valence-electron chi connectivity index (χ1n) is 7.55. The van der Waals surface area contributed by atoms with E-state index >= 15 is 0 Å². The first-order valence-corrected chi connectivity index (χ1v) is 7.55. The Bertz CT molecular complexity index is 660. The maximum Gasteiger partial charge on any atom is 0.338 e. The summed E-state index contributed by atoms with van der Waals surface area (Å²) in [5, 5.41) is 8.93. The smallest absolute Gasteiger partial charge is 0.338 e. The number of nitrogens with zero attached hydrogens (tertiary/aromatic N) is 1. The highest BCUT2D eigenvalue weighted by Gasteiger charge is 2.16. The van der Waals surface area contributed by atoms with Gasteiger partial charge in [0.25, 0.3) is 0 Å². The fourth-order valence-electron chi connectivity index (χ4n) is 3.18. The largest absolute Gasteiger partial charge is 0.478 e. The number of benzene rings is 1. The molecular formula is C16H19FN2O2. The molecule has 0 saturated heterocycles. The Morgan fingerprint density at radius 3 is 2.81 bits per heavy atom. The second-order valence-corrected chi connectivity index (χ2v) is 5.88. The number of aromatic amines is 1. The van der Waals surface area contributed by atoms with Crippen molar-refractivity contribution in [2.75, 3.05) is 0 Å². The lowest BCUT2D eigenvalue weighted by Crippen LogP contribution is -2.07. The molecule has 112 valence electrons. The molecule has 21 heavy (non-hydrogen) atoms. The molecule has 1 aliphatic carbocycles. The highest BCUT2D eigenvalue weighted by Crippen LogP contribution is 2.27. The molecule has 1 aromatic heterocycles. The summed E-state index contributed by atoms with van der Waals surface area (Å²) in [4.78, 5) is 18.4. The lowest BCUT2D eigenvalue weighted by Gasteiger charge is -2.20. The van der Waals surface area contributed by atoms with Crippen LogP contribution in [0.15, 0.2) is 12.1 Å². The number of carboxylic acids is 1. The average Bonchev–Trinajstić information content (AvgIpc) is 2.87. The SMILES string of the molecule is O=C(O)c1cc2nc(CCC3CCCCC3)[nH]c2cc1F. The molecule has 0 unspecified atom stereocenters. The first-order chi connectivity index (χ1) is 10.1. The summed E-state index contributed by atoms with van der Waals surface area (Å²) in [5.41, 5.74) is 0.761. The van der Waals surface area contributed by atoms with Crippen LogP contribution >= 0.6 is 0 Å². The van der Waals surface area contributed by atoms with Crippen LogP contribution < -0.4 is 0 Å². The number of carbonyl (C=O) groups is 1. The predicted molar refractivity (Wildman–Crippen MR) is 77.9 cm³/mol. The van der Waals surface area contributed by atoms with E-state index in [4.69, 9.17) is 5.11 Å². The van der Waals surface area contributed by atoms with Crippen LogP contribution in [0.25, 0.3) is 11.0 Å². The number of aryl methyl sites for hydroxylation is 1. The van der Waals surface area contributed by atoms with E-state index in [0.29, 0.717) is 11.0 Å². The van der Waals surface area contributed by atoms with Crippen molar-refractivity contribution in [1.29, 1.82) is 0 Å². The number of halogens is 1. The number of nitrogens with one attached hydrogen (secondary N) is 1. The maximum atomic E-state index is 13.6. The van der Waals surface area contributed by atoms with Gasteiger partial charge in [0.05, 0.1) is 16.6 Å². The zero-order chi connectivity index (χ0) is 14.8. The van der Waals surface area contributed by atoms with Crippen molar-refractivity contribution in [2.45, 2.75) is 44.9 Å². The van der Waals surface area contributed by atoms with Crippen molar-refractivity contribution in [3.05, 3.63) is 29.3 Å². The highest BCUT2D eigenvalue weighted by molar-refractivity contribution is 5.92. The van der Waals surface area contributed by atoms with Crippen molar-refractivity contribution in [3.63, 3.8) is 0 Å². The van der Waals surface area contributed by atoms with E-state index in [0.717, 1.165) is 24.6 Å². The Hall–Kier alpha value is -1.91. The van der Waals surface area contributed by atoms with Gasteiger partial charge in [0.1, 0.15) is 11.6 Å². The fourth-order valence-corrected chi connectivity index (χ4v) is 3.18. The zero-order valence-electron chi connectivity index (χ0n) is 11.9. The van der Waals surface area contributed by atoms with Gasteiger partial charge in [0, 0.05) is 12.5 Å². The molecular weight excluding hydrogens is 271 g/mol. The van der Waals surface area contributed by atoms with E-state index in [1.165, 1.54) is 44.2 Å². The number of fused-ring (bicyclic) bond motifs is 1. The Morgan fingerprint density at radius 2 is 2.10 bits per heavy atom. The number of aromatic nitrogens is 2. The summed E-state index contributed by atoms with van der Waals surface area (Å²) < 4.78 is 13.6. The van der Waals surface area contributed by atoms with Crippen LogP contribution in [0.1, 0.15) is 54.7 Å². The maximum absolute atomic E-state index is 13.6. The van der Waals surface area contributed by atoms with E-state index in [-0.39, 0.29) is 5.56 Å². The van der Waals surface area contributed by atoms with Crippen molar-refractivity contribution in [1.82, 2.24) is 9.97 Å². The number of H-pyrrole nitrogens is 1. The molecule has 0 radical (unpaired) electrons. The highest BCUT2D eigenvalue weighted by atomic mass is 19.1. The average molecular weight is 290 g/mol. The van der Waals surface area contributed by atoms with Crippen LogP contribution in [-0.4, -0.2) is 21.0 Å². The molecule has 0 bridgehead atoms. The third kappa shape index (κ3) is 3.06. The molecule has 1 aromatic carbocycles. The minimum Gasteiger partial charge on any atom is -0.478 e. The zero-order valence-corrected chi connectivity index (χ0v) is 11.9. The molecule has 0 atom stereocenters. The molecule has 2 aromatic rings. The monoisotopic (exact) mass is 290 g/mol. The second kappa shape index (κ2) is 5.84. The Balaban J connectivity index is 1.75. The normalized spacial score (nSPS) is 16.4. The van der Waals surface area contributed by atoms with Crippen molar-refractivity contribution in [3.8, 4) is 0 Å². The number of hydrogen-bond donors (Lipinski definition) is 2. The molecule has 5 heteroatoms. The van der Waals surface area contributed by atoms with Gasteiger partial charge in [-0.05, 0) is 18.4 Å². The molecule has 1 saturated carbocycles. The number of carboxylic acid groups (broad SMARTS) is 1. The number of hydrogen-bond acceptors (Lipinski definition) is 2. The predicted octanol–water partition coefficient (Wildman–Crippen LogP) is 3.91. The second-order valence-electron chi connectivity index (χ2n) is 5.88. The number of aromatic carboxylic acids is 1. The first kappa shape index (κ1) is 14.0. The third-order valence-corrected chi connectivity index (χ3v) is 4.36. The van der Waals surface area contributed by atoms with Crippen LogP contribution in [0.2, 0.25) is 0 Å². The van der Waals surface area contributed by atoms with Crippen molar-refractivity contribution in [2.24, 2.45) is 5.92 Å². The summed E-state index contributed by atoms with van der Waals surface area (Å²) in [5.74, 6) is -0.408. The van der Waals surface area contributed by atoms with Gasteiger partial charge >= 0.3 is 5.97 Å². The summed E-state index contributed by atoms with van der Waals surface area (Å²) >= 11 is 0. The van der Waals surface area contributed by atoms with Crippen molar-refractivity contribution >= 4 is 17.0 Å². The van der Waals surface area contributed by atoms with Crippen molar-refractivity contribution < 1.29 is 14.3 Å². The quantitative estimate of drug-likeness (QED) is 0.897. The lowest BCUT2D eigenvalue weighted by molar-refractivity contribution is 0.0692. The van der Waals surface area contributed by atoms with Crippen LogP contribution in [0.3, 0.4) is 0 Å². The topological polar surface area (TPSA) is 66.0 Å². The third-order valence-electron chi connectivity index (χ3n) is 4.36. The number of imidazole rings is 1. The van der Waals surface area contributed by atoms with Crippen LogP contribution in [-0.2, 0) is 6.42 Å². The Kier molecular flexibility index (Phi) is 3.90. The minimum absolute atomic E-state index is 0.326. The Morgan fingerprint density at radius 1 is 1.33 bits per heavy atom. The molecule has 1 fully saturated rings. The van der Waals surface area contributed by atoms with Crippen LogP contribution in [0.5, 0.6) is 0 Å². The molecule has 0 amide bonds. The van der Waals surface area contributed by atoms with Gasteiger partial charge in [-0.3, -0.25) is 0 Å². The summed E-state index contributed by atoms with van der Waals surface area (Å²) in [6.45, 7) is 0. The van der Waals surface area contributed by atoms with Gasteiger partial charge in [-0.25, -0.2) is 14.2 Å². The summed E-state index contributed by atoms with van der Waals surface area (Å²) in [7, 11) is 0. The molecule has 3 rings (SSSR count). The fraction of sp³-hybridized carbons (Fsp3) is 0.500. The summed E-state index contributed by atoms with van der Waals surface area (Å²) in [6, 6.07) is 2.52. The van der Waals surface area contributed by atoms with Crippen LogP contribution in [0.4, 0.5) is 4.39 Å². The summed E-state index contributed by atoms with van der Waals surface area (Å²) in [6.07, 6.45) is 8.49. The lowest BCUT2D eigenvalue weighted by atomic mass is 9.86. The van der Waals surface area contributed by atoms with E-state index < -0.39 is 11.8 Å².